The number of ether oxygens (including phenoxy) is 1. The molecule has 7 heteroatoms. The quantitative estimate of drug-likeness (QED) is 0.719. The molecule has 25 heavy (non-hydrogen) atoms. The van der Waals surface area contributed by atoms with Gasteiger partial charge in [-0.05, 0) is 30.3 Å². The normalized spacial score (nSPS) is 11.5. The molecule has 0 unspecified atom stereocenters. The minimum absolute atomic E-state index is 0.159. The van der Waals surface area contributed by atoms with Crippen LogP contribution in [0.2, 0.25) is 0 Å². The number of hydrogen-bond acceptors (Lipinski definition) is 4. The third-order valence-electron chi connectivity index (χ3n) is 3.91. The summed E-state index contributed by atoms with van der Waals surface area (Å²) in [5.74, 6) is 0.274. The van der Waals surface area contributed by atoms with Gasteiger partial charge in [-0.2, -0.15) is 0 Å². The fourth-order valence-electron chi connectivity index (χ4n) is 2.62. The monoisotopic (exact) mass is 358 g/mol. The summed E-state index contributed by atoms with van der Waals surface area (Å²) in [6.45, 7) is 0. The van der Waals surface area contributed by atoms with E-state index < -0.39 is 10.0 Å². The molecule has 0 fully saturated rings. The number of carbonyl (C=O) groups is 1. The van der Waals surface area contributed by atoms with E-state index in [0.717, 1.165) is 3.97 Å². The van der Waals surface area contributed by atoms with E-state index in [1.54, 1.807) is 50.5 Å². The molecule has 130 valence electrons. The van der Waals surface area contributed by atoms with E-state index in [0.29, 0.717) is 22.2 Å². The van der Waals surface area contributed by atoms with Crippen molar-refractivity contribution < 1.29 is 17.9 Å². The molecule has 1 heterocycles. The summed E-state index contributed by atoms with van der Waals surface area (Å²) in [5, 5.41) is 0.526. The predicted molar refractivity (Wildman–Crippen MR) is 95.5 cm³/mol. The van der Waals surface area contributed by atoms with Gasteiger partial charge in [0.05, 0.1) is 23.1 Å². The van der Waals surface area contributed by atoms with Crippen LogP contribution >= 0.6 is 0 Å². The number of amides is 1. The van der Waals surface area contributed by atoms with Crippen LogP contribution in [0.25, 0.3) is 10.9 Å². The van der Waals surface area contributed by atoms with Crippen LogP contribution in [0.5, 0.6) is 5.75 Å². The molecule has 1 aromatic heterocycles. The first-order chi connectivity index (χ1) is 11.9. The maximum atomic E-state index is 13.0. The maximum Gasteiger partial charge on any atom is 0.268 e. The molecule has 3 rings (SSSR count). The summed E-state index contributed by atoms with van der Waals surface area (Å²) in [6, 6.07) is 13.1. The van der Waals surface area contributed by atoms with Crippen molar-refractivity contribution >= 4 is 26.8 Å². The fourth-order valence-corrected chi connectivity index (χ4v) is 4.01. The first-order valence-corrected chi connectivity index (χ1v) is 9.01. The second kappa shape index (κ2) is 6.25. The molecule has 2 aromatic carbocycles. The molecule has 3 aromatic rings. The number of carbonyl (C=O) groups excluding carboxylic acids is 1. The van der Waals surface area contributed by atoms with Crippen molar-refractivity contribution in [1.29, 1.82) is 0 Å². The summed E-state index contributed by atoms with van der Waals surface area (Å²) < 4.78 is 32.4. The topological polar surface area (TPSA) is 68.6 Å². The molecule has 0 saturated carbocycles. The molecular weight excluding hydrogens is 340 g/mol. The van der Waals surface area contributed by atoms with E-state index in [2.05, 4.69) is 0 Å². The lowest BCUT2D eigenvalue weighted by atomic mass is 10.1. The smallest absolute Gasteiger partial charge is 0.268 e. The highest BCUT2D eigenvalue weighted by molar-refractivity contribution is 7.90. The predicted octanol–water partition coefficient (Wildman–Crippen LogP) is 2.59. The third kappa shape index (κ3) is 2.87. The Morgan fingerprint density at radius 3 is 2.36 bits per heavy atom. The van der Waals surface area contributed by atoms with Gasteiger partial charge < -0.3 is 9.64 Å². The van der Waals surface area contributed by atoms with Gasteiger partial charge in [0.2, 0.25) is 0 Å². The molecule has 0 saturated heterocycles. The van der Waals surface area contributed by atoms with Crippen LogP contribution in [-0.4, -0.2) is 44.4 Å². The zero-order chi connectivity index (χ0) is 18.2. The molecule has 0 spiro atoms. The SMILES string of the molecule is COc1ccc2c(c1)c(C(=O)N(C)C)cn2S(=O)(=O)c1ccccc1. The van der Waals surface area contributed by atoms with Crippen molar-refractivity contribution in [3.05, 3.63) is 60.3 Å². The highest BCUT2D eigenvalue weighted by Crippen LogP contribution is 2.29. The Hall–Kier alpha value is -2.80. The first-order valence-electron chi connectivity index (χ1n) is 7.57. The summed E-state index contributed by atoms with van der Waals surface area (Å²) in [5.41, 5.74) is 0.730. The molecule has 0 aliphatic rings. The largest absolute Gasteiger partial charge is 0.497 e. The number of rotatable bonds is 4. The lowest BCUT2D eigenvalue weighted by molar-refractivity contribution is 0.0829. The average molecular weight is 358 g/mol. The number of hydrogen-bond donors (Lipinski definition) is 0. The number of fused-ring (bicyclic) bond motifs is 1. The fraction of sp³-hybridized carbons (Fsp3) is 0.167. The van der Waals surface area contributed by atoms with E-state index in [4.69, 9.17) is 4.74 Å². The van der Waals surface area contributed by atoms with Gasteiger partial charge in [-0.25, -0.2) is 12.4 Å². The third-order valence-corrected chi connectivity index (χ3v) is 5.60. The molecule has 0 radical (unpaired) electrons. The Bertz CT molecular complexity index is 1040. The van der Waals surface area contributed by atoms with E-state index in [9.17, 15) is 13.2 Å². The Labute approximate surface area is 146 Å². The van der Waals surface area contributed by atoms with Crippen molar-refractivity contribution in [2.24, 2.45) is 0 Å². The minimum atomic E-state index is -3.82. The Balaban J connectivity index is 2.32. The van der Waals surface area contributed by atoms with Gasteiger partial charge in [0.25, 0.3) is 15.9 Å². The summed E-state index contributed by atoms with van der Waals surface area (Å²) in [4.78, 5) is 14.1. The van der Waals surface area contributed by atoms with Gasteiger partial charge in [0, 0.05) is 25.7 Å². The van der Waals surface area contributed by atoms with Crippen LogP contribution in [0, 0.1) is 0 Å². The van der Waals surface area contributed by atoms with E-state index in [1.165, 1.54) is 30.3 Å². The van der Waals surface area contributed by atoms with Gasteiger partial charge >= 0.3 is 0 Å². The van der Waals surface area contributed by atoms with Crippen LogP contribution in [-0.2, 0) is 10.0 Å². The van der Waals surface area contributed by atoms with Gasteiger partial charge in [-0.1, -0.05) is 18.2 Å². The minimum Gasteiger partial charge on any atom is -0.497 e. The van der Waals surface area contributed by atoms with Crippen molar-refractivity contribution in [2.75, 3.05) is 21.2 Å². The van der Waals surface area contributed by atoms with E-state index in [1.807, 2.05) is 0 Å². The van der Waals surface area contributed by atoms with Crippen LogP contribution < -0.4 is 4.74 Å². The van der Waals surface area contributed by atoms with Gasteiger partial charge in [-0.15, -0.1) is 0 Å². The van der Waals surface area contributed by atoms with Crippen molar-refractivity contribution in [3.8, 4) is 5.75 Å². The van der Waals surface area contributed by atoms with Crippen molar-refractivity contribution in [1.82, 2.24) is 8.87 Å². The molecule has 1 amide bonds. The summed E-state index contributed by atoms with van der Waals surface area (Å²) >= 11 is 0. The molecular formula is C18H18N2O4S. The zero-order valence-electron chi connectivity index (χ0n) is 14.1. The Kier molecular flexibility index (Phi) is 4.26. The molecule has 6 nitrogen and oxygen atoms in total. The number of aromatic nitrogens is 1. The van der Waals surface area contributed by atoms with Crippen molar-refractivity contribution in [3.63, 3.8) is 0 Å². The first kappa shape index (κ1) is 17.0. The molecule has 0 bridgehead atoms. The average Bonchev–Trinajstić information content (AvgIpc) is 3.01. The van der Waals surface area contributed by atoms with Gasteiger partial charge in [0.15, 0.2) is 0 Å². The summed E-state index contributed by atoms with van der Waals surface area (Å²) in [7, 11) is 0.947. The summed E-state index contributed by atoms with van der Waals surface area (Å²) in [6.07, 6.45) is 1.37. The molecule has 0 atom stereocenters. The maximum absolute atomic E-state index is 13.0. The second-order valence-electron chi connectivity index (χ2n) is 5.74. The van der Waals surface area contributed by atoms with Crippen LogP contribution in [0.15, 0.2) is 59.6 Å². The highest BCUT2D eigenvalue weighted by Gasteiger charge is 2.24. The standard InChI is InChI=1S/C18H18N2O4S/c1-19(2)18(21)16-12-20(17-10-9-13(24-3)11-15(16)17)25(22,23)14-7-5-4-6-8-14/h4-12H,1-3H3. The molecule has 0 aliphatic heterocycles. The highest BCUT2D eigenvalue weighted by atomic mass is 32.2. The van der Waals surface area contributed by atoms with Crippen LogP contribution in [0.3, 0.4) is 0 Å². The Morgan fingerprint density at radius 2 is 1.76 bits per heavy atom. The Morgan fingerprint density at radius 1 is 1.08 bits per heavy atom. The number of methoxy groups -OCH3 is 1. The van der Waals surface area contributed by atoms with Gasteiger partial charge in [-0.3, -0.25) is 4.79 Å². The van der Waals surface area contributed by atoms with E-state index in [-0.39, 0.29) is 10.8 Å². The number of benzene rings is 2. The lowest BCUT2D eigenvalue weighted by Crippen LogP contribution is -2.21. The van der Waals surface area contributed by atoms with E-state index >= 15 is 0 Å². The lowest BCUT2D eigenvalue weighted by Gasteiger charge is -2.09. The zero-order valence-corrected chi connectivity index (χ0v) is 14.9. The molecule has 0 aliphatic carbocycles. The van der Waals surface area contributed by atoms with Gasteiger partial charge in [0.1, 0.15) is 5.75 Å². The van der Waals surface area contributed by atoms with Crippen LogP contribution in [0.4, 0.5) is 0 Å². The number of nitrogens with zero attached hydrogens (tertiary/aromatic N) is 2. The van der Waals surface area contributed by atoms with Crippen molar-refractivity contribution in [2.45, 2.75) is 4.90 Å². The molecule has 0 N–H and O–H groups in total. The van der Waals surface area contributed by atoms with Crippen LogP contribution in [0.1, 0.15) is 10.4 Å². The second-order valence-corrected chi connectivity index (χ2v) is 7.55.